The minimum atomic E-state index is -0.486. The summed E-state index contributed by atoms with van der Waals surface area (Å²) in [4.78, 5) is 0. The van der Waals surface area contributed by atoms with E-state index in [2.05, 4.69) is 78.8 Å². The van der Waals surface area contributed by atoms with Crippen molar-refractivity contribution in [2.24, 2.45) is 5.41 Å². The molecule has 0 saturated carbocycles. The van der Waals surface area contributed by atoms with Gasteiger partial charge in [-0.3, -0.25) is 0 Å². The van der Waals surface area contributed by atoms with Crippen molar-refractivity contribution < 1.29 is 18.8 Å². The monoisotopic (exact) mass is 398 g/mol. The van der Waals surface area contributed by atoms with Crippen LogP contribution in [0.4, 0.5) is 0 Å². The molecule has 0 atom stereocenters. The average molecular weight is 398 g/mol. The Hall–Kier alpha value is -1.56. The Morgan fingerprint density at radius 1 is 1.00 bits per heavy atom. The first-order valence-electron chi connectivity index (χ1n) is 10.6. The fourth-order valence-electron chi connectivity index (χ4n) is 3.63. The lowest BCUT2D eigenvalue weighted by Crippen LogP contribution is -2.41. The number of benzene rings is 2. The van der Waals surface area contributed by atoms with E-state index in [-0.39, 0.29) is 12.2 Å². The zero-order chi connectivity index (χ0) is 21.4. The Morgan fingerprint density at radius 3 is 2.21 bits per heavy atom. The molecule has 1 saturated heterocycles. The van der Waals surface area contributed by atoms with E-state index < -0.39 is 18.3 Å². The van der Waals surface area contributed by atoms with E-state index in [1.165, 1.54) is 16.3 Å². The maximum absolute atomic E-state index is 6.39. The Labute approximate surface area is 176 Å². The van der Waals surface area contributed by atoms with Crippen LogP contribution in [0.2, 0.25) is 0 Å². The van der Waals surface area contributed by atoms with Gasteiger partial charge in [0.05, 0.1) is 11.2 Å². The van der Waals surface area contributed by atoms with E-state index in [9.17, 15) is 0 Å². The highest BCUT2D eigenvalue weighted by Crippen LogP contribution is 2.39. The van der Waals surface area contributed by atoms with Gasteiger partial charge in [0, 0.05) is 17.6 Å². The number of ether oxygens (including phenoxy) is 2. The van der Waals surface area contributed by atoms with E-state index in [0.717, 1.165) is 17.6 Å². The molecule has 4 nitrogen and oxygen atoms in total. The summed E-state index contributed by atoms with van der Waals surface area (Å²) in [5.41, 5.74) is 1.39. The molecule has 0 aromatic heterocycles. The average Bonchev–Trinajstić information content (AvgIpc) is 2.82. The van der Waals surface area contributed by atoms with Crippen LogP contribution in [0.3, 0.4) is 0 Å². The molecule has 5 heteroatoms. The van der Waals surface area contributed by atoms with Crippen molar-refractivity contribution in [1.29, 1.82) is 0 Å². The summed E-state index contributed by atoms with van der Waals surface area (Å²) in [7, 11) is -0.486. The number of rotatable bonds is 6. The summed E-state index contributed by atoms with van der Waals surface area (Å²) in [5, 5.41) is 2.37. The molecule has 1 aliphatic heterocycles. The molecule has 1 aliphatic rings. The van der Waals surface area contributed by atoms with Gasteiger partial charge in [-0.05, 0) is 57.2 Å². The number of hydrogen-bond acceptors (Lipinski definition) is 4. The van der Waals surface area contributed by atoms with E-state index >= 15 is 0 Å². The molecule has 29 heavy (non-hydrogen) atoms. The van der Waals surface area contributed by atoms with Crippen LogP contribution in [0.25, 0.3) is 10.8 Å². The van der Waals surface area contributed by atoms with Crippen LogP contribution < -0.4 is 10.2 Å². The second-order valence-corrected chi connectivity index (χ2v) is 10.1. The predicted octanol–water partition coefficient (Wildman–Crippen LogP) is 5.10. The fraction of sp³-hybridized carbons (Fsp3) is 0.583. The van der Waals surface area contributed by atoms with Gasteiger partial charge in [-0.1, -0.05) is 51.1 Å². The van der Waals surface area contributed by atoms with Crippen molar-refractivity contribution in [2.45, 2.75) is 73.0 Å². The minimum absolute atomic E-state index is 0.0983. The number of hydrogen-bond donors (Lipinski definition) is 0. The van der Waals surface area contributed by atoms with Gasteiger partial charge in [0.25, 0.3) is 0 Å². The van der Waals surface area contributed by atoms with Crippen molar-refractivity contribution in [3.63, 3.8) is 0 Å². The van der Waals surface area contributed by atoms with Gasteiger partial charge < -0.3 is 18.8 Å². The normalized spacial score (nSPS) is 18.4. The predicted molar refractivity (Wildman–Crippen MR) is 120 cm³/mol. The Bertz CT molecular complexity index is 851. The van der Waals surface area contributed by atoms with Gasteiger partial charge in [0.15, 0.2) is 6.79 Å². The molecule has 0 radical (unpaired) electrons. The summed E-state index contributed by atoms with van der Waals surface area (Å²) < 4.78 is 24.5. The van der Waals surface area contributed by atoms with Gasteiger partial charge in [-0.25, -0.2) is 0 Å². The molecule has 0 aliphatic carbocycles. The van der Waals surface area contributed by atoms with Crippen LogP contribution in [0.15, 0.2) is 30.3 Å². The molecule has 0 N–H and O–H groups in total. The third-order valence-electron chi connectivity index (χ3n) is 5.84. The van der Waals surface area contributed by atoms with Crippen molar-refractivity contribution in [3.05, 3.63) is 35.9 Å². The second-order valence-electron chi connectivity index (χ2n) is 10.1. The van der Waals surface area contributed by atoms with Gasteiger partial charge >= 0.3 is 7.12 Å². The zero-order valence-electron chi connectivity index (χ0n) is 19.2. The Morgan fingerprint density at radius 2 is 1.62 bits per heavy atom. The third kappa shape index (κ3) is 4.63. The smallest absolute Gasteiger partial charge is 0.468 e. The quantitative estimate of drug-likeness (QED) is 0.385. The fourth-order valence-corrected chi connectivity index (χ4v) is 3.63. The first kappa shape index (κ1) is 22.1. The topological polar surface area (TPSA) is 36.9 Å². The van der Waals surface area contributed by atoms with Crippen LogP contribution in [0, 0.1) is 5.41 Å². The first-order valence-corrected chi connectivity index (χ1v) is 10.6. The summed E-state index contributed by atoms with van der Waals surface area (Å²) in [5.74, 6) is 0.825. The largest absolute Gasteiger partial charge is 0.498 e. The highest BCUT2D eigenvalue weighted by Gasteiger charge is 2.52. The zero-order valence-corrected chi connectivity index (χ0v) is 19.2. The summed E-state index contributed by atoms with van der Waals surface area (Å²) in [6.07, 6.45) is 0.877. The highest BCUT2D eigenvalue weighted by atomic mass is 16.7. The number of fused-ring (bicyclic) bond motifs is 1. The van der Waals surface area contributed by atoms with Crippen LogP contribution in [0.5, 0.6) is 5.75 Å². The molecule has 158 valence electrons. The second kappa shape index (κ2) is 7.94. The SMILES string of the molecule is CCOCOc1c(B2OC(C)(C)C(C)(C)O2)cc2ccccc2c1CC(C)(C)C. The molecule has 3 rings (SSSR count). The molecule has 2 aromatic rings. The van der Waals surface area contributed by atoms with Crippen LogP contribution in [-0.2, 0) is 20.5 Å². The molecule has 0 amide bonds. The van der Waals surface area contributed by atoms with E-state index in [4.69, 9.17) is 18.8 Å². The minimum Gasteiger partial charge on any atom is -0.468 e. The lowest BCUT2D eigenvalue weighted by molar-refractivity contribution is 0.00578. The van der Waals surface area contributed by atoms with Crippen molar-refractivity contribution >= 4 is 23.4 Å². The first-order chi connectivity index (χ1) is 13.5. The molecule has 0 spiro atoms. The van der Waals surface area contributed by atoms with E-state index in [0.29, 0.717) is 6.61 Å². The molecule has 0 unspecified atom stereocenters. The van der Waals surface area contributed by atoms with Gasteiger partial charge in [-0.15, -0.1) is 0 Å². The van der Waals surface area contributed by atoms with E-state index in [1.54, 1.807) is 0 Å². The van der Waals surface area contributed by atoms with Gasteiger partial charge in [0.2, 0.25) is 0 Å². The van der Waals surface area contributed by atoms with Crippen LogP contribution in [-0.4, -0.2) is 31.7 Å². The summed E-state index contributed by atoms with van der Waals surface area (Å²) in [6, 6.07) is 10.6. The summed E-state index contributed by atoms with van der Waals surface area (Å²) >= 11 is 0. The van der Waals surface area contributed by atoms with Crippen molar-refractivity contribution in [1.82, 2.24) is 0 Å². The molecule has 0 bridgehead atoms. The molecular weight excluding hydrogens is 363 g/mol. The van der Waals surface area contributed by atoms with Crippen molar-refractivity contribution in [2.75, 3.05) is 13.4 Å². The standard InChI is InChI=1S/C24H35BO4/c1-9-26-16-27-21-19(15-22(2,3)4)18-13-11-10-12-17(18)14-20(21)25-28-23(5,6)24(7,8)29-25/h10-14H,9,15-16H2,1-8H3. The summed E-state index contributed by atoms with van der Waals surface area (Å²) in [6.45, 7) is 17.8. The maximum atomic E-state index is 6.39. The lowest BCUT2D eigenvalue weighted by Gasteiger charge is -2.32. The molecule has 1 fully saturated rings. The molecular formula is C24H35BO4. The molecule has 1 heterocycles. The van der Waals surface area contributed by atoms with Crippen LogP contribution in [0.1, 0.15) is 61.0 Å². The van der Waals surface area contributed by atoms with Gasteiger partial charge in [0.1, 0.15) is 5.75 Å². The van der Waals surface area contributed by atoms with Gasteiger partial charge in [-0.2, -0.15) is 0 Å². The van der Waals surface area contributed by atoms with Crippen LogP contribution >= 0.6 is 0 Å². The van der Waals surface area contributed by atoms with E-state index in [1.807, 2.05) is 6.92 Å². The molecule has 2 aromatic carbocycles. The lowest BCUT2D eigenvalue weighted by atomic mass is 9.74. The highest BCUT2D eigenvalue weighted by molar-refractivity contribution is 6.63. The Kier molecular flexibility index (Phi) is 6.06. The Balaban J connectivity index is 2.18. The maximum Gasteiger partial charge on any atom is 0.498 e. The third-order valence-corrected chi connectivity index (χ3v) is 5.84. The van der Waals surface area contributed by atoms with Crippen molar-refractivity contribution in [3.8, 4) is 5.75 Å².